The maximum absolute atomic E-state index is 13.9. The van der Waals surface area contributed by atoms with Crippen LogP contribution in [0.1, 0.15) is 27.4 Å². The molecule has 3 atom stereocenters. The number of benzene rings is 2. The molecule has 0 saturated heterocycles. The van der Waals surface area contributed by atoms with E-state index in [-0.39, 0.29) is 22.4 Å². The van der Waals surface area contributed by atoms with Crippen molar-refractivity contribution in [3.63, 3.8) is 0 Å². The van der Waals surface area contributed by atoms with Gasteiger partial charge in [-0.3, -0.25) is 9.59 Å². The molecule has 1 unspecified atom stereocenters. The Morgan fingerprint density at radius 2 is 2.03 bits per heavy atom. The first-order chi connectivity index (χ1) is 16.1. The van der Waals surface area contributed by atoms with E-state index in [4.69, 9.17) is 10.7 Å². The van der Waals surface area contributed by atoms with Crippen molar-refractivity contribution in [3.8, 4) is 6.07 Å². The van der Waals surface area contributed by atoms with E-state index in [0.717, 1.165) is 18.3 Å². The second kappa shape index (κ2) is 9.82. The second-order valence-electron chi connectivity index (χ2n) is 7.58. The zero-order chi connectivity index (χ0) is 25.0. The van der Waals surface area contributed by atoms with Crippen molar-refractivity contribution in [1.29, 1.82) is 10.7 Å². The minimum Gasteiger partial charge on any atom is -0.325 e. The Hall–Kier alpha value is -4.07. The summed E-state index contributed by atoms with van der Waals surface area (Å²) < 4.78 is 54.3. The highest BCUT2D eigenvalue weighted by Gasteiger charge is 2.49. The van der Waals surface area contributed by atoms with Gasteiger partial charge < -0.3 is 20.6 Å². The number of hydrogen-bond donors (Lipinski definition) is 2. The van der Waals surface area contributed by atoms with Gasteiger partial charge in [0.25, 0.3) is 5.91 Å². The van der Waals surface area contributed by atoms with Crippen LogP contribution < -0.4 is 5.32 Å². The molecule has 11 heteroatoms. The Kier molecular flexibility index (Phi) is 7.10. The fourth-order valence-electron chi connectivity index (χ4n) is 4.06. The minimum atomic E-state index is -4.78. The van der Waals surface area contributed by atoms with Crippen LogP contribution >= 0.6 is 0 Å². The first-order valence-corrected chi connectivity index (χ1v) is 10.0. The largest absolute Gasteiger partial charge is 0.406 e. The number of halogens is 4. The molecule has 0 radical (unpaired) electrons. The van der Waals surface area contributed by atoms with E-state index in [0.29, 0.717) is 4.90 Å². The third kappa shape index (κ3) is 5.11. The Balaban J connectivity index is 2.17. The van der Waals surface area contributed by atoms with E-state index in [1.54, 1.807) is 6.07 Å². The first-order valence-electron chi connectivity index (χ1n) is 10.0. The molecule has 176 valence electrons. The summed E-state index contributed by atoms with van der Waals surface area (Å²) in [5.74, 6) is -5.03. The summed E-state index contributed by atoms with van der Waals surface area (Å²) in [6.45, 7) is -1.64. The van der Waals surface area contributed by atoms with E-state index < -0.39 is 48.2 Å². The third-order valence-electron chi connectivity index (χ3n) is 5.32. The molecule has 1 heterocycles. The number of fused-ring (bicyclic) bond motifs is 1. The standard InChI is InChI=1S/C23H19F4N5O2/c1-30-11-14(10-29)20-19(21(33)31-16-7-13(9-28)6-15(24)8-16)17-4-2-3-5-18(17)22(34)32(20)12-23(25,26)27/h2-8,10-11,14,19-20,29H,12H2,1H3,(H,31,33)/t14?,19-,20+/m0/s1. The molecule has 0 aromatic heterocycles. The molecule has 0 aliphatic carbocycles. The van der Waals surface area contributed by atoms with E-state index >= 15 is 0 Å². The number of carbonyl (C=O) groups excluding carboxylic acids is 2. The lowest BCUT2D eigenvalue weighted by Gasteiger charge is -2.43. The molecule has 7 nitrogen and oxygen atoms in total. The van der Waals surface area contributed by atoms with Gasteiger partial charge in [0.2, 0.25) is 5.91 Å². The molecule has 0 saturated carbocycles. The summed E-state index contributed by atoms with van der Waals surface area (Å²) in [4.78, 5) is 30.8. The third-order valence-corrected chi connectivity index (χ3v) is 5.32. The number of nitrogens with one attached hydrogen (secondary N) is 2. The van der Waals surface area contributed by atoms with Gasteiger partial charge >= 0.3 is 6.18 Å². The molecule has 0 bridgehead atoms. The van der Waals surface area contributed by atoms with E-state index in [9.17, 15) is 27.2 Å². The Morgan fingerprint density at radius 1 is 1.32 bits per heavy atom. The van der Waals surface area contributed by atoms with Gasteiger partial charge in [-0.2, -0.15) is 18.4 Å². The van der Waals surface area contributed by atoms with Gasteiger partial charge in [-0.1, -0.05) is 18.2 Å². The van der Waals surface area contributed by atoms with Gasteiger partial charge in [-0.15, -0.1) is 0 Å². The van der Waals surface area contributed by atoms with E-state index in [2.05, 4.69) is 10.3 Å². The summed E-state index contributed by atoms with van der Waals surface area (Å²) in [7, 11) is 1.36. The molecule has 2 N–H and O–H groups in total. The van der Waals surface area contributed by atoms with Crippen LogP contribution in [0.5, 0.6) is 0 Å². The van der Waals surface area contributed by atoms with Crippen molar-refractivity contribution in [3.05, 3.63) is 65.0 Å². The molecule has 2 amide bonds. The van der Waals surface area contributed by atoms with Crippen LogP contribution in [0.2, 0.25) is 0 Å². The molecule has 1 aliphatic rings. The van der Waals surface area contributed by atoms with Crippen LogP contribution in [0.25, 0.3) is 0 Å². The number of alkyl halides is 3. The number of hydrogen-bond acceptors (Lipinski definition) is 5. The van der Waals surface area contributed by atoms with E-state index in [1.807, 2.05) is 0 Å². The Morgan fingerprint density at radius 3 is 2.65 bits per heavy atom. The zero-order valence-electron chi connectivity index (χ0n) is 17.8. The molecule has 1 aliphatic heterocycles. The molecule has 3 rings (SSSR count). The maximum Gasteiger partial charge on any atom is 0.406 e. The summed E-state index contributed by atoms with van der Waals surface area (Å²) in [5.41, 5.74) is -0.0631. The molecule has 2 aromatic rings. The van der Waals surface area contributed by atoms with Crippen molar-refractivity contribution in [1.82, 2.24) is 4.90 Å². The van der Waals surface area contributed by atoms with Crippen molar-refractivity contribution < 1.29 is 27.2 Å². The normalized spacial score (nSPS) is 18.8. The monoisotopic (exact) mass is 473 g/mol. The summed E-state index contributed by atoms with van der Waals surface area (Å²) >= 11 is 0. The number of amides is 2. The van der Waals surface area contributed by atoms with Gasteiger partial charge in [0.05, 0.1) is 29.5 Å². The summed E-state index contributed by atoms with van der Waals surface area (Å²) in [5, 5.41) is 19.3. The number of nitriles is 1. The lowest BCUT2D eigenvalue weighted by molar-refractivity contribution is -0.148. The number of nitrogens with zero attached hydrogens (tertiary/aromatic N) is 3. The first kappa shape index (κ1) is 24.6. The lowest BCUT2D eigenvalue weighted by Crippen LogP contribution is -2.57. The van der Waals surface area contributed by atoms with Crippen LogP contribution in [-0.2, 0) is 4.79 Å². The number of anilines is 1. The quantitative estimate of drug-likeness (QED) is 0.492. The van der Waals surface area contributed by atoms with Crippen molar-refractivity contribution in [2.45, 2.75) is 18.1 Å². The zero-order valence-corrected chi connectivity index (χ0v) is 17.8. The SMILES string of the molecule is CN=CC(C=N)[C@@H]1[C@@H](C(=O)Nc2cc(F)cc(C#N)c2)c2ccccc2C(=O)N1CC(F)(F)F. The second-order valence-corrected chi connectivity index (χ2v) is 7.58. The maximum atomic E-state index is 13.9. The highest BCUT2D eigenvalue weighted by molar-refractivity contribution is 6.05. The van der Waals surface area contributed by atoms with Crippen molar-refractivity contribution >= 4 is 29.9 Å². The van der Waals surface area contributed by atoms with Gasteiger partial charge in [-0.05, 0) is 29.8 Å². The van der Waals surface area contributed by atoms with Crippen LogP contribution in [-0.4, -0.2) is 55.0 Å². The van der Waals surface area contributed by atoms with Crippen LogP contribution in [0, 0.1) is 28.5 Å². The van der Waals surface area contributed by atoms with Crippen LogP contribution in [0.4, 0.5) is 23.2 Å². The van der Waals surface area contributed by atoms with Crippen LogP contribution in [0.15, 0.2) is 47.5 Å². The van der Waals surface area contributed by atoms with Gasteiger partial charge in [0, 0.05) is 30.7 Å². The summed E-state index contributed by atoms with van der Waals surface area (Å²) in [6.07, 6.45) is -2.77. The molecule has 2 aromatic carbocycles. The minimum absolute atomic E-state index is 0.0692. The number of carbonyl (C=O) groups is 2. The van der Waals surface area contributed by atoms with Gasteiger partial charge in [-0.25, -0.2) is 4.39 Å². The molecule has 0 spiro atoms. The Labute approximate surface area is 192 Å². The Bertz CT molecular complexity index is 1190. The topological polar surface area (TPSA) is 109 Å². The smallest absolute Gasteiger partial charge is 0.325 e. The van der Waals surface area contributed by atoms with E-state index in [1.165, 1.54) is 43.6 Å². The number of rotatable bonds is 6. The molecule has 0 fully saturated rings. The van der Waals surface area contributed by atoms with Crippen molar-refractivity contribution in [2.24, 2.45) is 10.9 Å². The number of aliphatic imine (C=N–C) groups is 1. The molecular weight excluding hydrogens is 454 g/mol. The van der Waals surface area contributed by atoms with Crippen LogP contribution in [0.3, 0.4) is 0 Å². The predicted octanol–water partition coefficient (Wildman–Crippen LogP) is 3.77. The highest BCUT2D eigenvalue weighted by Crippen LogP contribution is 2.38. The average Bonchev–Trinajstić information content (AvgIpc) is 2.78. The molecular formula is C23H19F4N5O2. The molecule has 34 heavy (non-hydrogen) atoms. The average molecular weight is 473 g/mol. The van der Waals surface area contributed by atoms with Crippen molar-refractivity contribution in [2.75, 3.05) is 18.9 Å². The fraction of sp³-hybridized carbons (Fsp3) is 0.261. The highest BCUT2D eigenvalue weighted by atomic mass is 19.4. The fourth-order valence-corrected chi connectivity index (χ4v) is 4.06. The van der Waals surface area contributed by atoms with Gasteiger partial charge in [0.15, 0.2) is 0 Å². The predicted molar refractivity (Wildman–Crippen MR) is 116 cm³/mol. The summed E-state index contributed by atoms with van der Waals surface area (Å²) in [6, 6.07) is 9.22. The van der Waals surface area contributed by atoms with Gasteiger partial charge in [0.1, 0.15) is 12.4 Å². The lowest BCUT2D eigenvalue weighted by atomic mass is 9.77.